The Hall–Kier alpha value is -1.02. The van der Waals surface area contributed by atoms with E-state index >= 15 is 0 Å². The summed E-state index contributed by atoms with van der Waals surface area (Å²) in [4.78, 5) is 10.7. The van der Waals surface area contributed by atoms with Crippen molar-refractivity contribution in [3.8, 4) is 12.3 Å². The fraction of sp³-hybridized carbons (Fsp3) is 0.182. The van der Waals surface area contributed by atoms with Crippen LogP contribution in [0.5, 0.6) is 0 Å². The average molecular weight is 300 g/mol. The van der Waals surface area contributed by atoms with Crippen molar-refractivity contribution < 1.29 is 9.53 Å². The molecule has 1 aromatic rings. The molecule has 0 amide bonds. The van der Waals surface area contributed by atoms with Crippen molar-refractivity contribution in [3.63, 3.8) is 0 Å². The van der Waals surface area contributed by atoms with Gasteiger partial charge in [0.15, 0.2) is 6.10 Å². The lowest BCUT2D eigenvalue weighted by Gasteiger charge is -2.10. The van der Waals surface area contributed by atoms with Gasteiger partial charge in [0.1, 0.15) is 0 Å². The molecule has 0 bridgehead atoms. The van der Waals surface area contributed by atoms with Gasteiger partial charge in [0.2, 0.25) is 0 Å². The normalized spacial score (nSPS) is 11.5. The van der Waals surface area contributed by atoms with Crippen LogP contribution in [0, 0.1) is 15.9 Å². The number of benzene rings is 1. The Bertz CT molecular complexity index is 362. The number of terminal acetylenes is 1. The summed E-state index contributed by atoms with van der Waals surface area (Å²) in [5.74, 6) is 2.05. The zero-order valence-corrected chi connectivity index (χ0v) is 9.82. The van der Waals surface area contributed by atoms with Crippen LogP contribution in [-0.2, 0) is 9.53 Å². The number of hydrogen-bond donors (Lipinski definition) is 0. The molecule has 1 aromatic carbocycles. The van der Waals surface area contributed by atoms with E-state index in [1.165, 1.54) is 6.92 Å². The third-order valence-electron chi connectivity index (χ3n) is 1.61. The van der Waals surface area contributed by atoms with Crippen LogP contribution in [0.2, 0.25) is 0 Å². The van der Waals surface area contributed by atoms with Gasteiger partial charge in [-0.1, -0.05) is 18.1 Å². The van der Waals surface area contributed by atoms with Crippen LogP contribution >= 0.6 is 22.6 Å². The maximum atomic E-state index is 10.7. The Morgan fingerprint density at radius 1 is 1.50 bits per heavy atom. The van der Waals surface area contributed by atoms with Gasteiger partial charge in [0, 0.05) is 16.1 Å². The summed E-state index contributed by atoms with van der Waals surface area (Å²) < 4.78 is 6.06. The van der Waals surface area contributed by atoms with Gasteiger partial charge in [-0.2, -0.15) is 0 Å². The van der Waals surface area contributed by atoms with Crippen molar-refractivity contribution in [1.29, 1.82) is 0 Å². The van der Waals surface area contributed by atoms with E-state index in [1.54, 1.807) is 0 Å². The van der Waals surface area contributed by atoms with Crippen molar-refractivity contribution in [2.45, 2.75) is 13.0 Å². The molecule has 1 rings (SSSR count). The molecule has 0 heterocycles. The van der Waals surface area contributed by atoms with Gasteiger partial charge in [-0.05, 0) is 34.7 Å². The number of rotatable bonds is 2. The van der Waals surface area contributed by atoms with E-state index in [1.807, 2.05) is 24.3 Å². The molecule has 0 aliphatic carbocycles. The molecule has 0 aliphatic rings. The number of halogens is 1. The Labute approximate surface area is 96.8 Å². The summed E-state index contributed by atoms with van der Waals surface area (Å²) in [5, 5.41) is 0. The second-order valence-corrected chi connectivity index (χ2v) is 3.95. The summed E-state index contributed by atoms with van der Waals surface area (Å²) in [6.07, 6.45) is 4.68. The van der Waals surface area contributed by atoms with E-state index in [4.69, 9.17) is 11.2 Å². The van der Waals surface area contributed by atoms with Crippen LogP contribution in [0.3, 0.4) is 0 Å². The summed E-state index contributed by atoms with van der Waals surface area (Å²) >= 11 is 2.20. The summed E-state index contributed by atoms with van der Waals surface area (Å²) in [6, 6.07) is 7.55. The minimum atomic E-state index is -0.579. The first-order chi connectivity index (χ1) is 6.63. The first-order valence-corrected chi connectivity index (χ1v) is 5.10. The first-order valence-electron chi connectivity index (χ1n) is 4.02. The highest BCUT2D eigenvalue weighted by atomic mass is 127. The molecule has 0 aliphatic heterocycles. The van der Waals surface area contributed by atoms with Gasteiger partial charge >= 0.3 is 5.97 Å². The quantitative estimate of drug-likeness (QED) is 0.476. The second kappa shape index (κ2) is 5.01. The van der Waals surface area contributed by atoms with E-state index in [0.29, 0.717) is 0 Å². The second-order valence-electron chi connectivity index (χ2n) is 2.71. The summed E-state index contributed by atoms with van der Waals surface area (Å²) in [6.45, 7) is 1.34. The van der Waals surface area contributed by atoms with Crippen molar-refractivity contribution in [1.82, 2.24) is 0 Å². The first kappa shape index (κ1) is 11.1. The van der Waals surface area contributed by atoms with E-state index in [2.05, 4.69) is 28.5 Å². The molecular formula is C11H9IO2. The molecule has 14 heavy (non-hydrogen) atoms. The van der Waals surface area contributed by atoms with E-state index in [0.717, 1.165) is 9.13 Å². The maximum Gasteiger partial charge on any atom is 0.304 e. The van der Waals surface area contributed by atoms with Crippen molar-refractivity contribution >= 4 is 28.6 Å². The summed E-state index contributed by atoms with van der Waals surface area (Å²) in [7, 11) is 0. The monoisotopic (exact) mass is 300 g/mol. The van der Waals surface area contributed by atoms with Gasteiger partial charge in [-0.25, -0.2) is 0 Å². The minimum Gasteiger partial charge on any atom is -0.444 e. The third-order valence-corrected chi connectivity index (χ3v) is 2.33. The molecule has 0 spiro atoms. The average Bonchev–Trinajstić information content (AvgIpc) is 2.15. The van der Waals surface area contributed by atoms with Gasteiger partial charge in [-0.15, -0.1) is 6.42 Å². The van der Waals surface area contributed by atoms with Crippen LogP contribution < -0.4 is 0 Å². The Balaban J connectivity index is 2.85. The molecule has 0 radical (unpaired) electrons. The minimum absolute atomic E-state index is 0.369. The maximum absolute atomic E-state index is 10.7. The predicted molar refractivity (Wildman–Crippen MR) is 62.5 cm³/mol. The van der Waals surface area contributed by atoms with Gasteiger partial charge < -0.3 is 4.74 Å². The van der Waals surface area contributed by atoms with Gasteiger partial charge in [0.25, 0.3) is 0 Å². The zero-order valence-electron chi connectivity index (χ0n) is 7.66. The van der Waals surface area contributed by atoms with Crippen LogP contribution in [-0.4, -0.2) is 5.97 Å². The Kier molecular flexibility index (Phi) is 3.96. The number of carbonyl (C=O) groups excluding carboxylic acids is 1. The molecule has 0 unspecified atom stereocenters. The molecule has 2 nitrogen and oxygen atoms in total. The molecule has 0 aromatic heterocycles. The highest BCUT2D eigenvalue weighted by Crippen LogP contribution is 2.17. The van der Waals surface area contributed by atoms with Crippen molar-refractivity contribution in [3.05, 3.63) is 33.4 Å². The zero-order chi connectivity index (χ0) is 10.6. The molecule has 72 valence electrons. The highest BCUT2D eigenvalue weighted by molar-refractivity contribution is 14.1. The Morgan fingerprint density at radius 2 is 2.07 bits per heavy atom. The van der Waals surface area contributed by atoms with E-state index < -0.39 is 6.10 Å². The predicted octanol–water partition coefficient (Wildman–Crippen LogP) is 2.53. The Morgan fingerprint density at radius 3 is 2.50 bits per heavy atom. The largest absolute Gasteiger partial charge is 0.444 e. The standard InChI is InChI=1S/C11H9IO2/c1-3-11(14-8(2)13)9-4-6-10(12)7-5-9/h1,4-7,11H,2H3/t11-/m0/s1. The van der Waals surface area contributed by atoms with Gasteiger partial charge in [-0.3, -0.25) is 4.79 Å². The van der Waals surface area contributed by atoms with E-state index in [-0.39, 0.29) is 5.97 Å². The smallest absolute Gasteiger partial charge is 0.304 e. The number of carbonyl (C=O) groups is 1. The third kappa shape index (κ3) is 3.04. The number of esters is 1. The van der Waals surface area contributed by atoms with Crippen LogP contribution in [0.25, 0.3) is 0 Å². The number of ether oxygens (including phenoxy) is 1. The molecule has 0 fully saturated rings. The summed E-state index contributed by atoms with van der Waals surface area (Å²) in [5.41, 5.74) is 0.822. The SMILES string of the molecule is C#C[C@H](OC(C)=O)c1ccc(I)cc1. The number of hydrogen-bond acceptors (Lipinski definition) is 2. The lowest BCUT2D eigenvalue weighted by atomic mass is 10.1. The molecule has 1 atom stereocenters. The molecule has 3 heteroatoms. The fourth-order valence-electron chi connectivity index (χ4n) is 1.00. The molecule has 0 saturated carbocycles. The lowest BCUT2D eigenvalue weighted by Crippen LogP contribution is -2.06. The van der Waals surface area contributed by atoms with E-state index in [9.17, 15) is 4.79 Å². The highest BCUT2D eigenvalue weighted by Gasteiger charge is 2.10. The fourth-order valence-corrected chi connectivity index (χ4v) is 1.36. The van der Waals surface area contributed by atoms with Crippen molar-refractivity contribution in [2.75, 3.05) is 0 Å². The van der Waals surface area contributed by atoms with Crippen LogP contribution in [0.4, 0.5) is 0 Å². The van der Waals surface area contributed by atoms with Crippen molar-refractivity contribution in [2.24, 2.45) is 0 Å². The molecule has 0 N–H and O–H groups in total. The van der Waals surface area contributed by atoms with Crippen LogP contribution in [0.15, 0.2) is 24.3 Å². The molecule has 0 saturated heterocycles. The molecular weight excluding hydrogens is 291 g/mol. The topological polar surface area (TPSA) is 26.3 Å². The lowest BCUT2D eigenvalue weighted by molar-refractivity contribution is -0.144. The van der Waals surface area contributed by atoms with Crippen LogP contribution in [0.1, 0.15) is 18.6 Å². The van der Waals surface area contributed by atoms with Gasteiger partial charge in [0.05, 0.1) is 0 Å².